The third-order valence-corrected chi connectivity index (χ3v) is 2.70. The molecular weight excluding hydrogens is 272 g/mol. The molecule has 0 aromatic heterocycles. The third kappa shape index (κ3) is 5.25. The van der Waals surface area contributed by atoms with Crippen LogP contribution in [0.15, 0.2) is 24.3 Å². The summed E-state index contributed by atoms with van der Waals surface area (Å²) in [6.07, 6.45) is 1.85. The number of anilines is 1. The highest BCUT2D eigenvalue weighted by Crippen LogP contribution is 2.15. The van der Waals surface area contributed by atoms with E-state index in [4.69, 9.17) is 0 Å². The van der Waals surface area contributed by atoms with Gasteiger partial charge < -0.3 is 15.4 Å². The zero-order valence-corrected chi connectivity index (χ0v) is 12.3. The number of carbonyl (C=O) groups excluding carboxylic acids is 3. The van der Waals surface area contributed by atoms with Gasteiger partial charge in [-0.25, -0.2) is 4.79 Å². The average molecular weight is 292 g/mol. The number of benzene rings is 1. The highest BCUT2D eigenvalue weighted by atomic mass is 16.5. The van der Waals surface area contributed by atoms with E-state index in [1.54, 1.807) is 31.2 Å². The number of hydrogen-bond acceptors (Lipinski definition) is 4. The van der Waals surface area contributed by atoms with Gasteiger partial charge in [-0.05, 0) is 25.5 Å². The largest absolute Gasteiger partial charge is 0.459 e. The van der Waals surface area contributed by atoms with Crippen molar-refractivity contribution < 1.29 is 19.1 Å². The van der Waals surface area contributed by atoms with Crippen LogP contribution in [-0.2, 0) is 14.3 Å². The fourth-order valence-electron chi connectivity index (χ4n) is 1.63. The number of amides is 2. The Morgan fingerprint density at radius 2 is 1.86 bits per heavy atom. The summed E-state index contributed by atoms with van der Waals surface area (Å²) in [4.78, 5) is 35.0. The molecule has 0 aliphatic carbocycles. The van der Waals surface area contributed by atoms with Crippen LogP contribution in [0.4, 0.5) is 5.69 Å². The van der Waals surface area contributed by atoms with Crippen LogP contribution in [0.5, 0.6) is 0 Å². The maximum atomic E-state index is 12.0. The summed E-state index contributed by atoms with van der Waals surface area (Å²) in [6.45, 7) is 4.32. The van der Waals surface area contributed by atoms with Gasteiger partial charge in [0.05, 0.1) is 17.9 Å². The van der Waals surface area contributed by atoms with Gasteiger partial charge >= 0.3 is 11.9 Å². The van der Waals surface area contributed by atoms with E-state index < -0.39 is 11.9 Å². The minimum absolute atomic E-state index is 0.116. The molecule has 0 saturated heterocycles. The number of nitrogens with one attached hydrogen (secondary N) is 2. The van der Waals surface area contributed by atoms with Gasteiger partial charge in [0.25, 0.3) is 5.91 Å². The van der Waals surface area contributed by atoms with E-state index in [1.807, 2.05) is 6.92 Å². The van der Waals surface area contributed by atoms with Crippen molar-refractivity contribution in [3.63, 3.8) is 0 Å². The number of para-hydroxylation sites is 1. The maximum Gasteiger partial charge on any atom is 0.397 e. The Balaban J connectivity index is 2.77. The van der Waals surface area contributed by atoms with Crippen LogP contribution in [0, 0.1) is 0 Å². The normalized spacial score (nSPS) is 9.81. The Morgan fingerprint density at radius 1 is 1.14 bits per heavy atom. The topological polar surface area (TPSA) is 84.5 Å². The first-order valence-electron chi connectivity index (χ1n) is 6.95. The SMILES string of the molecule is CCCCNC(=O)c1ccccc1NC(=O)C(=O)OCC. The zero-order chi connectivity index (χ0) is 15.7. The maximum absolute atomic E-state index is 12.0. The molecule has 0 aliphatic rings. The first-order chi connectivity index (χ1) is 10.1. The molecule has 0 heterocycles. The molecule has 1 aromatic carbocycles. The summed E-state index contributed by atoms with van der Waals surface area (Å²) >= 11 is 0. The molecule has 2 N–H and O–H groups in total. The molecule has 21 heavy (non-hydrogen) atoms. The Hall–Kier alpha value is -2.37. The van der Waals surface area contributed by atoms with E-state index in [0.29, 0.717) is 12.1 Å². The molecule has 0 spiro atoms. The molecule has 6 nitrogen and oxygen atoms in total. The second-order valence-electron chi connectivity index (χ2n) is 4.33. The van der Waals surface area contributed by atoms with E-state index >= 15 is 0 Å². The molecule has 0 atom stereocenters. The molecule has 2 amide bonds. The van der Waals surface area contributed by atoms with Crippen LogP contribution in [0.2, 0.25) is 0 Å². The number of esters is 1. The van der Waals surface area contributed by atoms with Crippen LogP contribution >= 0.6 is 0 Å². The molecule has 114 valence electrons. The molecule has 0 aliphatic heterocycles. The van der Waals surface area contributed by atoms with Gasteiger partial charge in [-0.1, -0.05) is 25.5 Å². The third-order valence-electron chi connectivity index (χ3n) is 2.70. The summed E-state index contributed by atoms with van der Waals surface area (Å²) < 4.78 is 4.60. The van der Waals surface area contributed by atoms with Crippen molar-refractivity contribution >= 4 is 23.5 Å². The quantitative estimate of drug-likeness (QED) is 0.475. The molecule has 0 unspecified atom stereocenters. The van der Waals surface area contributed by atoms with Crippen molar-refractivity contribution in [1.29, 1.82) is 0 Å². The smallest absolute Gasteiger partial charge is 0.397 e. The van der Waals surface area contributed by atoms with Crippen LogP contribution in [0.1, 0.15) is 37.0 Å². The van der Waals surface area contributed by atoms with Crippen molar-refractivity contribution in [2.24, 2.45) is 0 Å². The summed E-state index contributed by atoms with van der Waals surface area (Å²) in [6, 6.07) is 6.51. The first-order valence-corrected chi connectivity index (χ1v) is 6.95. The van der Waals surface area contributed by atoms with E-state index in [-0.39, 0.29) is 18.2 Å². The van der Waals surface area contributed by atoms with Crippen LogP contribution in [-0.4, -0.2) is 30.9 Å². The van der Waals surface area contributed by atoms with Crippen molar-refractivity contribution in [2.75, 3.05) is 18.5 Å². The van der Waals surface area contributed by atoms with Crippen molar-refractivity contribution in [1.82, 2.24) is 5.32 Å². The molecular formula is C15H20N2O4. The van der Waals surface area contributed by atoms with Gasteiger partial charge in [0.2, 0.25) is 0 Å². The minimum Gasteiger partial charge on any atom is -0.459 e. The average Bonchev–Trinajstić information content (AvgIpc) is 2.48. The number of hydrogen-bond donors (Lipinski definition) is 2. The van der Waals surface area contributed by atoms with Gasteiger partial charge in [0, 0.05) is 6.54 Å². The zero-order valence-electron chi connectivity index (χ0n) is 12.3. The molecule has 0 fully saturated rings. The molecule has 0 saturated carbocycles. The molecule has 0 bridgehead atoms. The van der Waals surface area contributed by atoms with Crippen LogP contribution in [0.3, 0.4) is 0 Å². The van der Waals surface area contributed by atoms with Gasteiger partial charge in [-0.3, -0.25) is 9.59 Å². The lowest BCUT2D eigenvalue weighted by atomic mass is 10.1. The van der Waals surface area contributed by atoms with E-state index in [0.717, 1.165) is 12.8 Å². The second-order valence-corrected chi connectivity index (χ2v) is 4.33. The van der Waals surface area contributed by atoms with Gasteiger partial charge in [0.1, 0.15) is 0 Å². The first kappa shape index (κ1) is 16.7. The monoisotopic (exact) mass is 292 g/mol. The summed E-state index contributed by atoms with van der Waals surface area (Å²) in [5.74, 6) is -2.16. The van der Waals surface area contributed by atoms with Gasteiger partial charge in [0.15, 0.2) is 0 Å². The Kier molecular flexibility index (Phi) is 6.94. The number of rotatable bonds is 6. The summed E-state index contributed by atoms with van der Waals surface area (Å²) in [5.41, 5.74) is 0.593. The Bertz CT molecular complexity index is 514. The van der Waals surface area contributed by atoms with E-state index in [9.17, 15) is 14.4 Å². The molecule has 1 aromatic rings. The fraction of sp³-hybridized carbons (Fsp3) is 0.400. The van der Waals surface area contributed by atoms with Crippen molar-refractivity contribution in [3.05, 3.63) is 29.8 Å². The number of ether oxygens (including phenoxy) is 1. The van der Waals surface area contributed by atoms with Crippen molar-refractivity contribution in [2.45, 2.75) is 26.7 Å². The molecule has 1 rings (SSSR count). The second kappa shape index (κ2) is 8.73. The fourth-order valence-corrected chi connectivity index (χ4v) is 1.63. The minimum atomic E-state index is -0.973. The molecule has 6 heteroatoms. The van der Waals surface area contributed by atoms with Crippen molar-refractivity contribution in [3.8, 4) is 0 Å². The number of carbonyl (C=O) groups is 3. The van der Waals surface area contributed by atoms with E-state index in [1.165, 1.54) is 0 Å². The van der Waals surface area contributed by atoms with E-state index in [2.05, 4.69) is 15.4 Å². The lowest BCUT2D eigenvalue weighted by Gasteiger charge is -2.10. The van der Waals surface area contributed by atoms with Gasteiger partial charge in [-0.15, -0.1) is 0 Å². The summed E-state index contributed by atoms with van der Waals surface area (Å²) in [7, 11) is 0. The Morgan fingerprint density at radius 3 is 2.52 bits per heavy atom. The van der Waals surface area contributed by atoms with Gasteiger partial charge in [-0.2, -0.15) is 0 Å². The highest BCUT2D eigenvalue weighted by molar-refractivity contribution is 6.37. The highest BCUT2D eigenvalue weighted by Gasteiger charge is 2.18. The predicted molar refractivity (Wildman–Crippen MR) is 78.9 cm³/mol. The predicted octanol–water partition coefficient (Wildman–Crippen LogP) is 1.72. The van der Waals surface area contributed by atoms with Crippen LogP contribution < -0.4 is 10.6 Å². The van der Waals surface area contributed by atoms with Crippen LogP contribution in [0.25, 0.3) is 0 Å². The lowest BCUT2D eigenvalue weighted by Crippen LogP contribution is -2.28. The lowest BCUT2D eigenvalue weighted by molar-refractivity contribution is -0.152. The standard InChI is InChI=1S/C15H20N2O4/c1-3-5-10-16-13(18)11-8-6-7-9-12(11)17-14(19)15(20)21-4-2/h6-9H,3-5,10H2,1-2H3,(H,16,18)(H,17,19). The number of unbranched alkanes of at least 4 members (excludes halogenated alkanes) is 1. The molecule has 0 radical (unpaired) electrons. The summed E-state index contributed by atoms with van der Waals surface area (Å²) in [5, 5.41) is 5.15. The Labute approximate surface area is 123 Å².